The lowest BCUT2D eigenvalue weighted by Crippen LogP contribution is -2.23. The molecule has 0 bridgehead atoms. The van der Waals surface area contributed by atoms with Crippen LogP contribution in [0, 0.1) is 0 Å². The number of nitrogens with one attached hydrogen (secondary N) is 1. The molecule has 0 amide bonds. The van der Waals surface area contributed by atoms with Gasteiger partial charge < -0.3 is 5.11 Å². The number of rotatable bonds is 6. The van der Waals surface area contributed by atoms with Crippen molar-refractivity contribution in [1.82, 2.24) is 9.71 Å². The molecule has 1 unspecified atom stereocenters. The Labute approximate surface area is 174 Å². The molecule has 2 N–H and O–H groups in total. The van der Waals surface area contributed by atoms with Gasteiger partial charge >= 0.3 is 0 Å². The summed E-state index contributed by atoms with van der Waals surface area (Å²) >= 11 is 12.1. The third-order valence-electron chi connectivity index (χ3n) is 4.15. The minimum absolute atomic E-state index is 0.0926. The van der Waals surface area contributed by atoms with Crippen molar-refractivity contribution < 1.29 is 13.5 Å². The Morgan fingerprint density at radius 2 is 1.79 bits per heavy atom. The quantitative estimate of drug-likeness (QED) is 0.592. The first-order valence-electron chi connectivity index (χ1n) is 8.44. The highest BCUT2D eigenvalue weighted by Crippen LogP contribution is 2.30. The van der Waals surface area contributed by atoms with Crippen LogP contribution in [0.15, 0.2) is 65.7 Å². The maximum absolute atomic E-state index is 12.6. The van der Waals surface area contributed by atoms with Crippen molar-refractivity contribution >= 4 is 33.2 Å². The molecule has 1 atom stereocenters. The Kier molecular flexibility index (Phi) is 6.37. The van der Waals surface area contributed by atoms with Crippen molar-refractivity contribution in [3.8, 4) is 11.1 Å². The molecular weight excluding hydrogens is 419 g/mol. The van der Waals surface area contributed by atoms with Gasteiger partial charge in [0, 0.05) is 28.4 Å². The fourth-order valence-corrected chi connectivity index (χ4v) is 4.17. The van der Waals surface area contributed by atoms with Gasteiger partial charge in [-0.15, -0.1) is 0 Å². The average Bonchev–Trinajstić information content (AvgIpc) is 2.67. The maximum Gasteiger partial charge on any atom is 0.240 e. The standard InChI is InChI=1S/C20H18Cl2N2O3S/c1-13(25)20-10-14(8-9-23-20)12-24-28(26,27)17-5-2-15(3-6-17)18-7-4-16(21)11-19(18)22/h2-11,13,24-25H,12H2,1H3. The van der Waals surface area contributed by atoms with Crippen molar-refractivity contribution in [2.24, 2.45) is 0 Å². The van der Waals surface area contributed by atoms with E-state index in [1.165, 1.54) is 18.3 Å². The second-order valence-corrected chi connectivity index (χ2v) is 8.85. The lowest BCUT2D eigenvalue weighted by molar-refractivity contribution is 0.194. The highest BCUT2D eigenvalue weighted by Gasteiger charge is 2.15. The van der Waals surface area contributed by atoms with E-state index in [4.69, 9.17) is 23.2 Å². The summed E-state index contributed by atoms with van der Waals surface area (Å²) in [6, 6.07) is 15.0. The number of hydrogen-bond donors (Lipinski definition) is 2. The molecule has 1 heterocycles. The minimum Gasteiger partial charge on any atom is -0.387 e. The van der Waals surface area contributed by atoms with E-state index in [0.29, 0.717) is 21.3 Å². The Morgan fingerprint density at radius 3 is 2.43 bits per heavy atom. The monoisotopic (exact) mass is 436 g/mol. The molecule has 0 saturated carbocycles. The van der Waals surface area contributed by atoms with Gasteiger partial charge in [-0.2, -0.15) is 0 Å². The molecule has 3 rings (SSSR count). The van der Waals surface area contributed by atoms with Crippen LogP contribution >= 0.6 is 23.2 Å². The van der Waals surface area contributed by atoms with Gasteiger partial charge in [-0.3, -0.25) is 4.98 Å². The van der Waals surface area contributed by atoms with E-state index in [2.05, 4.69) is 9.71 Å². The Hall–Kier alpha value is -1.96. The van der Waals surface area contributed by atoms with Crippen LogP contribution in [0.3, 0.4) is 0 Å². The third-order valence-corrected chi connectivity index (χ3v) is 6.11. The number of aliphatic hydroxyl groups is 1. The second kappa shape index (κ2) is 8.59. The molecule has 1 aromatic heterocycles. The van der Waals surface area contributed by atoms with Gasteiger partial charge in [0.25, 0.3) is 0 Å². The molecule has 0 aliphatic heterocycles. The summed E-state index contributed by atoms with van der Waals surface area (Å²) < 4.78 is 27.7. The van der Waals surface area contributed by atoms with Gasteiger partial charge in [-0.05, 0) is 54.4 Å². The summed E-state index contributed by atoms with van der Waals surface area (Å²) in [5.74, 6) is 0. The molecule has 5 nitrogen and oxygen atoms in total. The number of pyridine rings is 1. The van der Waals surface area contributed by atoms with Crippen LogP contribution in [-0.2, 0) is 16.6 Å². The zero-order valence-electron chi connectivity index (χ0n) is 14.9. The summed E-state index contributed by atoms with van der Waals surface area (Å²) in [6.45, 7) is 1.69. The molecule has 3 aromatic rings. The van der Waals surface area contributed by atoms with Crippen LogP contribution in [0.4, 0.5) is 0 Å². The molecule has 0 aliphatic rings. The predicted octanol–water partition coefficient (Wildman–Crippen LogP) is 4.59. The van der Waals surface area contributed by atoms with Gasteiger partial charge in [-0.1, -0.05) is 41.4 Å². The summed E-state index contributed by atoms with van der Waals surface area (Å²) in [5, 5.41) is 10.6. The fourth-order valence-electron chi connectivity index (χ4n) is 2.63. The van der Waals surface area contributed by atoms with Crippen molar-refractivity contribution in [3.63, 3.8) is 0 Å². The topological polar surface area (TPSA) is 79.3 Å². The molecule has 0 spiro atoms. The number of aromatic nitrogens is 1. The molecule has 0 aliphatic carbocycles. The van der Waals surface area contributed by atoms with E-state index >= 15 is 0 Å². The van der Waals surface area contributed by atoms with E-state index in [1.54, 1.807) is 49.4 Å². The van der Waals surface area contributed by atoms with Crippen LogP contribution < -0.4 is 4.72 Å². The SMILES string of the molecule is CC(O)c1cc(CNS(=O)(=O)c2ccc(-c3ccc(Cl)cc3Cl)cc2)ccn1. The lowest BCUT2D eigenvalue weighted by Gasteiger charge is -2.10. The van der Waals surface area contributed by atoms with Crippen LogP contribution in [0.2, 0.25) is 10.0 Å². The smallest absolute Gasteiger partial charge is 0.240 e. The van der Waals surface area contributed by atoms with Crippen molar-refractivity contribution in [2.45, 2.75) is 24.5 Å². The Morgan fingerprint density at radius 1 is 1.07 bits per heavy atom. The summed E-state index contributed by atoms with van der Waals surface area (Å²) in [6.07, 6.45) is 0.819. The van der Waals surface area contributed by atoms with Gasteiger partial charge in [0.05, 0.1) is 16.7 Å². The van der Waals surface area contributed by atoms with Crippen molar-refractivity contribution in [2.75, 3.05) is 0 Å². The predicted molar refractivity (Wildman–Crippen MR) is 111 cm³/mol. The molecule has 0 radical (unpaired) electrons. The Balaban J connectivity index is 1.76. The first kappa shape index (κ1) is 20.8. The summed E-state index contributed by atoms with van der Waals surface area (Å²) in [7, 11) is -3.69. The van der Waals surface area contributed by atoms with Crippen LogP contribution in [0.1, 0.15) is 24.3 Å². The highest BCUT2D eigenvalue weighted by molar-refractivity contribution is 7.89. The van der Waals surface area contributed by atoms with Gasteiger partial charge in [0.15, 0.2) is 0 Å². The maximum atomic E-state index is 12.6. The first-order valence-corrected chi connectivity index (χ1v) is 10.7. The number of hydrogen-bond acceptors (Lipinski definition) is 4. The van der Waals surface area contributed by atoms with Gasteiger partial charge in [0.2, 0.25) is 10.0 Å². The normalized spacial score (nSPS) is 12.7. The number of halogens is 2. The van der Waals surface area contributed by atoms with Crippen molar-refractivity contribution in [1.29, 1.82) is 0 Å². The number of aliphatic hydroxyl groups excluding tert-OH is 1. The number of nitrogens with zero attached hydrogens (tertiary/aromatic N) is 1. The zero-order chi connectivity index (χ0) is 20.3. The van der Waals surface area contributed by atoms with E-state index in [9.17, 15) is 13.5 Å². The van der Waals surface area contributed by atoms with E-state index in [0.717, 1.165) is 11.1 Å². The largest absolute Gasteiger partial charge is 0.387 e. The third kappa shape index (κ3) is 4.90. The number of sulfonamides is 1. The summed E-state index contributed by atoms with van der Waals surface area (Å²) in [5.41, 5.74) is 2.75. The van der Waals surface area contributed by atoms with Crippen LogP contribution in [0.25, 0.3) is 11.1 Å². The molecule has 8 heteroatoms. The highest BCUT2D eigenvalue weighted by atomic mass is 35.5. The van der Waals surface area contributed by atoms with E-state index in [-0.39, 0.29) is 11.4 Å². The molecule has 0 saturated heterocycles. The minimum atomic E-state index is -3.69. The summed E-state index contributed by atoms with van der Waals surface area (Å²) in [4.78, 5) is 4.19. The van der Waals surface area contributed by atoms with Crippen LogP contribution in [0.5, 0.6) is 0 Å². The first-order chi connectivity index (χ1) is 13.3. The molecular formula is C20H18Cl2N2O3S. The van der Waals surface area contributed by atoms with E-state index in [1.807, 2.05) is 0 Å². The zero-order valence-corrected chi connectivity index (χ0v) is 17.3. The molecule has 28 heavy (non-hydrogen) atoms. The molecule has 0 fully saturated rings. The van der Waals surface area contributed by atoms with Crippen molar-refractivity contribution in [3.05, 3.63) is 82.1 Å². The average molecular weight is 437 g/mol. The lowest BCUT2D eigenvalue weighted by atomic mass is 10.1. The Bertz CT molecular complexity index is 1080. The van der Waals surface area contributed by atoms with Gasteiger partial charge in [0.1, 0.15) is 0 Å². The number of benzene rings is 2. The van der Waals surface area contributed by atoms with Gasteiger partial charge in [-0.25, -0.2) is 13.1 Å². The molecule has 2 aromatic carbocycles. The van der Waals surface area contributed by atoms with Crippen LogP contribution in [-0.4, -0.2) is 18.5 Å². The fraction of sp³-hybridized carbons (Fsp3) is 0.150. The van der Waals surface area contributed by atoms with E-state index < -0.39 is 16.1 Å². The second-order valence-electron chi connectivity index (χ2n) is 6.24. The molecule has 146 valence electrons.